The molecule has 1 amide bonds. The van der Waals surface area contributed by atoms with E-state index in [9.17, 15) is 18.0 Å². The lowest BCUT2D eigenvalue weighted by atomic mass is 9.88. The van der Waals surface area contributed by atoms with Gasteiger partial charge in [0.15, 0.2) is 0 Å². The Labute approximate surface area is 96.4 Å². The summed E-state index contributed by atoms with van der Waals surface area (Å²) in [5, 5.41) is 3.86. The monoisotopic (exact) mass is 250 g/mol. The Balaban J connectivity index is 1.86. The summed E-state index contributed by atoms with van der Waals surface area (Å²) in [7, 11) is 0. The van der Waals surface area contributed by atoms with Gasteiger partial charge in [0.2, 0.25) is 0 Å². The average molecular weight is 250 g/mol. The summed E-state index contributed by atoms with van der Waals surface area (Å²) in [5.41, 5.74) is 0.366. The lowest BCUT2D eigenvalue weighted by molar-refractivity contribution is -0.190. The number of carbonyl (C=O) groups excluding carboxylic acids is 1. The Bertz CT molecular complexity index is 370. The van der Waals surface area contributed by atoms with Crippen molar-refractivity contribution in [3.63, 3.8) is 0 Å². The highest BCUT2D eigenvalue weighted by molar-refractivity contribution is 5.92. The van der Waals surface area contributed by atoms with Crippen LogP contribution in [0.1, 0.15) is 20.3 Å². The van der Waals surface area contributed by atoms with Crippen molar-refractivity contribution in [1.29, 1.82) is 0 Å². The highest BCUT2D eigenvalue weighted by Crippen LogP contribution is 2.31. The van der Waals surface area contributed by atoms with Crippen molar-refractivity contribution < 1.29 is 22.8 Å². The fourth-order valence-electron chi connectivity index (χ4n) is 1.94. The molecule has 7 heteroatoms. The second-order valence-electron chi connectivity index (χ2n) is 5.02. The molecule has 2 aliphatic heterocycles. The van der Waals surface area contributed by atoms with Crippen molar-refractivity contribution in [2.75, 3.05) is 13.1 Å². The van der Waals surface area contributed by atoms with E-state index in [2.05, 4.69) is 5.16 Å². The van der Waals surface area contributed by atoms with Crippen LogP contribution >= 0.6 is 0 Å². The van der Waals surface area contributed by atoms with Gasteiger partial charge in [0.05, 0.1) is 5.71 Å². The third-order valence-corrected chi connectivity index (χ3v) is 2.90. The maximum absolute atomic E-state index is 12.1. The summed E-state index contributed by atoms with van der Waals surface area (Å²) in [6.07, 6.45) is -4.18. The molecule has 4 nitrogen and oxygen atoms in total. The van der Waals surface area contributed by atoms with Crippen LogP contribution in [-0.4, -0.2) is 41.4 Å². The predicted octanol–water partition coefficient (Wildman–Crippen LogP) is 1.56. The number of rotatable bonds is 1. The predicted molar refractivity (Wildman–Crippen MR) is 53.3 cm³/mol. The minimum Gasteiger partial charge on any atom is -0.389 e. The Morgan fingerprint density at radius 3 is 2.47 bits per heavy atom. The van der Waals surface area contributed by atoms with Crippen molar-refractivity contribution in [3.05, 3.63) is 0 Å². The van der Waals surface area contributed by atoms with Crippen LogP contribution in [0.15, 0.2) is 5.16 Å². The maximum Gasteiger partial charge on any atom is 0.471 e. The molecule has 0 aromatic carbocycles. The van der Waals surface area contributed by atoms with E-state index in [1.54, 1.807) is 0 Å². The first-order chi connectivity index (χ1) is 7.69. The van der Waals surface area contributed by atoms with E-state index in [-0.39, 0.29) is 24.6 Å². The van der Waals surface area contributed by atoms with Gasteiger partial charge >= 0.3 is 12.1 Å². The number of oxime groups is 1. The zero-order valence-corrected chi connectivity index (χ0v) is 9.54. The molecule has 0 N–H and O–H groups in total. The molecule has 96 valence electrons. The van der Waals surface area contributed by atoms with E-state index in [0.29, 0.717) is 6.42 Å². The Morgan fingerprint density at radius 2 is 2.06 bits per heavy atom. The first-order valence-corrected chi connectivity index (χ1v) is 5.30. The molecule has 0 aliphatic carbocycles. The summed E-state index contributed by atoms with van der Waals surface area (Å²) in [5.74, 6) is -1.87. The van der Waals surface area contributed by atoms with Crippen LogP contribution < -0.4 is 0 Å². The average Bonchev–Trinajstić information content (AvgIpc) is 2.41. The molecule has 0 aromatic heterocycles. The molecule has 0 unspecified atom stereocenters. The molecule has 0 saturated carbocycles. The number of alkyl halides is 3. The summed E-state index contributed by atoms with van der Waals surface area (Å²) >= 11 is 0. The molecule has 2 rings (SSSR count). The van der Waals surface area contributed by atoms with Crippen LogP contribution in [0.3, 0.4) is 0 Å². The minimum absolute atomic E-state index is 0.0800. The minimum atomic E-state index is -4.78. The lowest BCUT2D eigenvalue weighted by Crippen LogP contribution is -2.56. The highest BCUT2D eigenvalue weighted by Gasteiger charge is 2.48. The van der Waals surface area contributed by atoms with Crippen LogP contribution in [0.4, 0.5) is 13.2 Å². The number of hydrogen-bond donors (Lipinski definition) is 0. The molecule has 17 heavy (non-hydrogen) atoms. The number of likely N-dealkylation sites (tertiary alicyclic amines) is 1. The van der Waals surface area contributed by atoms with Gasteiger partial charge < -0.3 is 9.74 Å². The zero-order chi connectivity index (χ0) is 12.8. The number of halogens is 3. The van der Waals surface area contributed by atoms with E-state index in [4.69, 9.17) is 4.84 Å². The van der Waals surface area contributed by atoms with Crippen molar-refractivity contribution in [2.45, 2.75) is 32.0 Å². The van der Waals surface area contributed by atoms with Crippen molar-refractivity contribution in [2.24, 2.45) is 11.1 Å². The number of hydrogen-bond acceptors (Lipinski definition) is 3. The fourth-order valence-corrected chi connectivity index (χ4v) is 1.94. The summed E-state index contributed by atoms with van der Waals surface area (Å²) in [4.78, 5) is 16.8. The van der Waals surface area contributed by atoms with Crippen molar-refractivity contribution in [1.82, 2.24) is 4.90 Å². The van der Waals surface area contributed by atoms with Crippen molar-refractivity contribution >= 4 is 11.6 Å². The lowest BCUT2D eigenvalue weighted by Gasteiger charge is -2.39. The first-order valence-electron chi connectivity index (χ1n) is 5.30. The molecule has 0 bridgehead atoms. The van der Waals surface area contributed by atoms with E-state index < -0.39 is 12.1 Å². The summed E-state index contributed by atoms with van der Waals surface area (Å²) in [6.45, 7) is 3.88. The fraction of sp³-hybridized carbons (Fsp3) is 0.800. The molecular formula is C10H13F3N2O2. The molecule has 0 spiro atoms. The second-order valence-corrected chi connectivity index (χ2v) is 5.02. The summed E-state index contributed by atoms with van der Waals surface area (Å²) in [6, 6.07) is 0. The van der Waals surface area contributed by atoms with Crippen LogP contribution in [0.2, 0.25) is 0 Å². The van der Waals surface area contributed by atoms with Gasteiger partial charge in [0.1, 0.15) is 5.60 Å². The van der Waals surface area contributed by atoms with Gasteiger partial charge in [-0.25, -0.2) is 0 Å². The van der Waals surface area contributed by atoms with Gasteiger partial charge in [-0.15, -0.1) is 0 Å². The third-order valence-electron chi connectivity index (χ3n) is 2.90. The second kappa shape index (κ2) is 3.61. The van der Waals surface area contributed by atoms with E-state index in [1.165, 1.54) is 0 Å². The summed E-state index contributed by atoms with van der Waals surface area (Å²) < 4.78 is 36.3. The van der Waals surface area contributed by atoms with Gasteiger partial charge in [-0.05, 0) is 13.8 Å². The maximum atomic E-state index is 12.1. The number of nitrogens with zero attached hydrogens (tertiary/aromatic N) is 2. The molecule has 0 radical (unpaired) electrons. The molecule has 2 heterocycles. The molecule has 0 aromatic rings. The van der Waals surface area contributed by atoms with Gasteiger partial charge in [0, 0.05) is 25.4 Å². The molecule has 1 fully saturated rings. The van der Waals surface area contributed by atoms with Crippen molar-refractivity contribution in [3.8, 4) is 0 Å². The topological polar surface area (TPSA) is 41.9 Å². The van der Waals surface area contributed by atoms with E-state index >= 15 is 0 Å². The smallest absolute Gasteiger partial charge is 0.389 e. The molecule has 2 aliphatic rings. The Hall–Kier alpha value is -1.27. The molecule has 1 saturated heterocycles. The molecular weight excluding hydrogens is 237 g/mol. The number of carbonyl (C=O) groups is 1. The highest BCUT2D eigenvalue weighted by atomic mass is 19.4. The van der Waals surface area contributed by atoms with E-state index in [0.717, 1.165) is 10.6 Å². The quantitative estimate of drug-likeness (QED) is 0.708. The zero-order valence-electron chi connectivity index (χ0n) is 9.54. The van der Waals surface area contributed by atoms with E-state index in [1.807, 2.05) is 13.8 Å². The largest absolute Gasteiger partial charge is 0.471 e. The van der Waals surface area contributed by atoms with Crippen LogP contribution in [0, 0.1) is 5.92 Å². The van der Waals surface area contributed by atoms with Crippen LogP contribution in [0.5, 0.6) is 0 Å². The normalized spacial score (nSPS) is 24.1. The Morgan fingerprint density at radius 1 is 1.47 bits per heavy atom. The van der Waals surface area contributed by atoms with Gasteiger partial charge in [-0.1, -0.05) is 5.16 Å². The third kappa shape index (κ3) is 2.37. The van der Waals surface area contributed by atoms with Crippen LogP contribution in [-0.2, 0) is 9.63 Å². The Kier molecular flexibility index (Phi) is 2.59. The first kappa shape index (κ1) is 12.2. The standard InChI is InChI=1S/C10H13F3N2O2/c1-9(2)3-7(14-17-9)6-4-15(5-6)8(16)10(11,12)13/h6H,3-5H2,1-2H3. The van der Waals surface area contributed by atoms with Gasteiger partial charge in [0.25, 0.3) is 0 Å². The number of amides is 1. The van der Waals surface area contributed by atoms with Crippen LogP contribution in [0.25, 0.3) is 0 Å². The van der Waals surface area contributed by atoms with Gasteiger partial charge in [-0.2, -0.15) is 13.2 Å². The van der Waals surface area contributed by atoms with Gasteiger partial charge in [-0.3, -0.25) is 4.79 Å². The molecule has 0 atom stereocenters. The SMILES string of the molecule is CC1(C)CC(C2CN(C(=O)C(F)(F)F)C2)=NO1.